The zero-order chi connectivity index (χ0) is 17.9. The molecule has 3 aromatic rings. The number of amides is 1. The number of aryl methyl sites for hydroxylation is 1. The normalized spacial score (nSPS) is 14.7. The SMILES string of the molecule is O=C(NC[C@@H](O)c1ccccc1)c1c(-n2cnnn2)sc2c1CCCC2. The number of aliphatic hydroxyl groups is 1. The molecule has 0 spiro atoms. The Morgan fingerprint density at radius 2 is 2.08 bits per heavy atom. The van der Waals surface area contributed by atoms with Crippen LogP contribution in [0.3, 0.4) is 0 Å². The van der Waals surface area contributed by atoms with Gasteiger partial charge in [-0.3, -0.25) is 4.79 Å². The number of hydrogen-bond donors (Lipinski definition) is 2. The molecule has 0 fully saturated rings. The van der Waals surface area contributed by atoms with Gasteiger partial charge >= 0.3 is 0 Å². The largest absolute Gasteiger partial charge is 0.387 e. The van der Waals surface area contributed by atoms with Gasteiger partial charge in [0.2, 0.25) is 0 Å². The van der Waals surface area contributed by atoms with E-state index in [2.05, 4.69) is 20.8 Å². The number of thiophene rings is 1. The van der Waals surface area contributed by atoms with Crippen LogP contribution in [0.5, 0.6) is 0 Å². The topological polar surface area (TPSA) is 92.9 Å². The van der Waals surface area contributed by atoms with E-state index in [0.717, 1.165) is 41.8 Å². The fourth-order valence-electron chi connectivity index (χ4n) is 3.27. The Labute approximate surface area is 154 Å². The molecule has 8 heteroatoms. The molecule has 1 aromatic carbocycles. The van der Waals surface area contributed by atoms with Crippen LogP contribution in [-0.2, 0) is 12.8 Å². The average Bonchev–Trinajstić information content (AvgIpc) is 3.33. The molecule has 0 saturated heterocycles. The zero-order valence-corrected chi connectivity index (χ0v) is 14.9. The van der Waals surface area contributed by atoms with Crippen LogP contribution in [0, 0.1) is 0 Å². The Bertz CT molecular complexity index is 892. The molecule has 1 amide bonds. The summed E-state index contributed by atoms with van der Waals surface area (Å²) in [5.41, 5.74) is 2.51. The van der Waals surface area contributed by atoms with Crippen molar-refractivity contribution in [3.05, 3.63) is 58.2 Å². The summed E-state index contributed by atoms with van der Waals surface area (Å²) >= 11 is 1.58. The Hall–Kier alpha value is -2.58. The summed E-state index contributed by atoms with van der Waals surface area (Å²) < 4.78 is 1.55. The van der Waals surface area contributed by atoms with Gasteiger partial charge in [0.25, 0.3) is 5.91 Å². The van der Waals surface area contributed by atoms with E-state index in [4.69, 9.17) is 0 Å². The van der Waals surface area contributed by atoms with Crippen molar-refractivity contribution in [2.24, 2.45) is 0 Å². The summed E-state index contributed by atoms with van der Waals surface area (Å²) in [5.74, 6) is -0.190. The number of nitrogens with zero attached hydrogens (tertiary/aromatic N) is 4. The molecule has 134 valence electrons. The first-order valence-corrected chi connectivity index (χ1v) is 9.45. The van der Waals surface area contributed by atoms with Crippen LogP contribution in [-0.4, -0.2) is 37.8 Å². The molecule has 2 N–H and O–H groups in total. The minimum Gasteiger partial charge on any atom is -0.387 e. The molecule has 2 aromatic heterocycles. The number of carbonyl (C=O) groups is 1. The minimum absolute atomic E-state index is 0.155. The maximum absolute atomic E-state index is 12.9. The lowest BCUT2D eigenvalue weighted by Gasteiger charge is -2.15. The second kappa shape index (κ2) is 7.35. The van der Waals surface area contributed by atoms with E-state index in [9.17, 15) is 9.90 Å². The molecule has 0 aliphatic heterocycles. The maximum atomic E-state index is 12.9. The van der Waals surface area contributed by atoms with Crippen molar-refractivity contribution in [2.75, 3.05) is 6.54 Å². The van der Waals surface area contributed by atoms with Gasteiger partial charge in [0.05, 0.1) is 11.7 Å². The number of aromatic nitrogens is 4. The third kappa shape index (κ3) is 3.25. The predicted molar refractivity (Wildman–Crippen MR) is 97.4 cm³/mol. The van der Waals surface area contributed by atoms with Crippen LogP contribution in [0.25, 0.3) is 5.00 Å². The second-order valence-electron chi connectivity index (χ2n) is 6.28. The molecule has 0 radical (unpaired) electrons. The highest BCUT2D eigenvalue weighted by Crippen LogP contribution is 2.36. The Morgan fingerprint density at radius 3 is 2.85 bits per heavy atom. The number of benzene rings is 1. The van der Waals surface area contributed by atoms with Crippen molar-refractivity contribution in [3.63, 3.8) is 0 Å². The van der Waals surface area contributed by atoms with E-state index in [1.165, 1.54) is 11.2 Å². The summed E-state index contributed by atoms with van der Waals surface area (Å²) in [5, 5.41) is 25.2. The number of tetrazole rings is 1. The predicted octanol–water partition coefficient (Wildman–Crippen LogP) is 2.07. The van der Waals surface area contributed by atoms with Crippen molar-refractivity contribution in [1.82, 2.24) is 25.5 Å². The molecule has 1 aliphatic carbocycles. The lowest BCUT2D eigenvalue weighted by molar-refractivity contribution is 0.0915. The van der Waals surface area contributed by atoms with Gasteiger partial charge in [0.1, 0.15) is 11.3 Å². The molecule has 7 nitrogen and oxygen atoms in total. The summed E-state index contributed by atoms with van der Waals surface area (Å²) in [6.45, 7) is 0.155. The number of fused-ring (bicyclic) bond motifs is 1. The highest BCUT2D eigenvalue weighted by molar-refractivity contribution is 7.15. The molecule has 0 saturated carbocycles. The maximum Gasteiger partial charge on any atom is 0.254 e. The third-order valence-corrected chi connectivity index (χ3v) is 5.86. The molecule has 2 heterocycles. The molecule has 26 heavy (non-hydrogen) atoms. The van der Waals surface area contributed by atoms with Crippen molar-refractivity contribution in [3.8, 4) is 5.00 Å². The van der Waals surface area contributed by atoms with Gasteiger partial charge in [0, 0.05) is 11.4 Å². The highest BCUT2D eigenvalue weighted by atomic mass is 32.1. The first-order chi connectivity index (χ1) is 12.7. The van der Waals surface area contributed by atoms with Gasteiger partial charge in [-0.1, -0.05) is 30.3 Å². The smallest absolute Gasteiger partial charge is 0.254 e. The van der Waals surface area contributed by atoms with Crippen LogP contribution >= 0.6 is 11.3 Å². The van der Waals surface area contributed by atoms with Gasteiger partial charge < -0.3 is 10.4 Å². The minimum atomic E-state index is -0.744. The monoisotopic (exact) mass is 369 g/mol. The van der Waals surface area contributed by atoms with E-state index in [1.54, 1.807) is 16.0 Å². The van der Waals surface area contributed by atoms with Crippen LogP contribution in [0.15, 0.2) is 36.7 Å². The summed E-state index contributed by atoms with van der Waals surface area (Å²) in [7, 11) is 0. The Morgan fingerprint density at radius 1 is 1.27 bits per heavy atom. The zero-order valence-electron chi connectivity index (χ0n) is 14.1. The average molecular weight is 369 g/mol. The first-order valence-electron chi connectivity index (χ1n) is 8.63. The van der Waals surface area contributed by atoms with Gasteiger partial charge in [-0.05, 0) is 47.2 Å². The number of aliphatic hydroxyl groups excluding tert-OH is 1. The van der Waals surface area contributed by atoms with Crippen molar-refractivity contribution in [1.29, 1.82) is 0 Å². The summed E-state index contributed by atoms with van der Waals surface area (Å²) in [4.78, 5) is 14.2. The molecular weight excluding hydrogens is 350 g/mol. The number of hydrogen-bond acceptors (Lipinski definition) is 6. The van der Waals surface area contributed by atoms with E-state index in [-0.39, 0.29) is 12.5 Å². The van der Waals surface area contributed by atoms with E-state index in [1.807, 2.05) is 30.3 Å². The molecule has 0 bridgehead atoms. The van der Waals surface area contributed by atoms with Gasteiger partial charge in [-0.15, -0.1) is 16.4 Å². The number of nitrogens with one attached hydrogen (secondary N) is 1. The number of rotatable bonds is 5. The fourth-order valence-corrected chi connectivity index (χ4v) is 4.57. The summed E-state index contributed by atoms with van der Waals surface area (Å²) in [6.07, 6.45) is 4.84. The molecule has 1 aliphatic rings. The molecule has 1 atom stereocenters. The highest BCUT2D eigenvalue weighted by Gasteiger charge is 2.27. The van der Waals surface area contributed by atoms with Gasteiger partial charge in [-0.25, -0.2) is 0 Å². The molecule has 4 rings (SSSR count). The van der Waals surface area contributed by atoms with E-state index < -0.39 is 6.10 Å². The molecule has 0 unspecified atom stereocenters. The fraction of sp³-hybridized carbons (Fsp3) is 0.333. The molecular formula is C18H19N5O2S. The van der Waals surface area contributed by atoms with Crippen LogP contribution in [0.2, 0.25) is 0 Å². The second-order valence-corrected chi connectivity index (χ2v) is 7.37. The third-order valence-electron chi connectivity index (χ3n) is 4.58. The first kappa shape index (κ1) is 16.9. The number of carbonyl (C=O) groups excluding carboxylic acids is 1. The van der Waals surface area contributed by atoms with Gasteiger partial charge in [0.15, 0.2) is 0 Å². The van der Waals surface area contributed by atoms with Crippen molar-refractivity contribution >= 4 is 17.2 Å². The quantitative estimate of drug-likeness (QED) is 0.718. The van der Waals surface area contributed by atoms with Gasteiger partial charge in [-0.2, -0.15) is 4.68 Å². The van der Waals surface area contributed by atoms with E-state index in [0.29, 0.717) is 5.56 Å². The summed E-state index contributed by atoms with van der Waals surface area (Å²) in [6, 6.07) is 9.31. The van der Waals surface area contributed by atoms with Crippen molar-refractivity contribution < 1.29 is 9.90 Å². The van der Waals surface area contributed by atoms with Crippen LogP contribution < -0.4 is 5.32 Å². The lowest BCUT2D eigenvalue weighted by Crippen LogP contribution is -2.29. The Kier molecular flexibility index (Phi) is 4.77. The van der Waals surface area contributed by atoms with E-state index >= 15 is 0 Å². The van der Waals surface area contributed by atoms with Crippen LogP contribution in [0.1, 0.15) is 45.3 Å². The van der Waals surface area contributed by atoms with Crippen LogP contribution in [0.4, 0.5) is 0 Å². The van der Waals surface area contributed by atoms with Crippen molar-refractivity contribution in [2.45, 2.75) is 31.8 Å². The standard InChI is InChI=1S/C18H19N5O2S/c24-14(12-6-2-1-3-7-12)10-19-17(25)16-13-8-4-5-9-15(13)26-18(16)23-11-20-21-22-23/h1-3,6-7,11,14,24H,4-5,8-10H2,(H,19,25)/t14-/m1/s1. The Balaban J connectivity index is 1.58. The lowest BCUT2D eigenvalue weighted by atomic mass is 9.95.